The fourth-order valence-corrected chi connectivity index (χ4v) is 1.56. The van der Waals surface area contributed by atoms with Crippen LogP contribution in [0, 0.1) is 0 Å². The number of benzene rings is 1. The van der Waals surface area contributed by atoms with E-state index in [0.717, 1.165) is 10.9 Å². The Morgan fingerprint density at radius 3 is 2.93 bits per heavy atom. The first-order valence-corrected chi connectivity index (χ1v) is 4.58. The first-order valence-electron chi connectivity index (χ1n) is 4.58. The van der Waals surface area contributed by atoms with Gasteiger partial charge in [0.15, 0.2) is 5.69 Å². The van der Waals surface area contributed by atoms with E-state index in [9.17, 15) is 4.79 Å². The lowest BCUT2D eigenvalue weighted by Gasteiger charge is -1.96. The summed E-state index contributed by atoms with van der Waals surface area (Å²) >= 11 is 0. The molecule has 5 heteroatoms. The summed E-state index contributed by atoms with van der Waals surface area (Å²) in [6.45, 7) is 0. The average molecular weight is 204 g/mol. The predicted octanol–water partition coefficient (Wildman–Crippen LogP) is 0.515. The molecule has 78 valence electrons. The molecule has 3 N–H and O–H groups in total. The second kappa shape index (κ2) is 3.27. The summed E-state index contributed by atoms with van der Waals surface area (Å²) in [6, 6.07) is 5.37. The zero-order chi connectivity index (χ0) is 11.0. The van der Waals surface area contributed by atoms with Crippen LogP contribution in [0.2, 0.25) is 0 Å². The van der Waals surface area contributed by atoms with Crippen molar-refractivity contribution < 1.29 is 4.79 Å². The Morgan fingerprint density at radius 1 is 1.53 bits per heavy atom. The van der Waals surface area contributed by atoms with Gasteiger partial charge in [-0.05, 0) is 18.2 Å². The highest BCUT2D eigenvalue weighted by molar-refractivity contribution is 6.05. The van der Waals surface area contributed by atoms with Crippen molar-refractivity contribution in [2.45, 2.75) is 0 Å². The number of nitrogens with one attached hydrogen (secondary N) is 1. The van der Waals surface area contributed by atoms with Gasteiger partial charge in [-0.2, -0.15) is 5.10 Å². The lowest BCUT2D eigenvalue weighted by Crippen LogP contribution is -2.18. The van der Waals surface area contributed by atoms with Gasteiger partial charge in [-0.25, -0.2) is 0 Å². The summed E-state index contributed by atoms with van der Waals surface area (Å²) in [6.07, 6.45) is 0. The lowest BCUT2D eigenvalue weighted by molar-refractivity contribution is 0.0959. The molecule has 0 unspecified atom stereocenters. The number of carbonyl (C=O) groups excluding carboxylic acids is 1. The Balaban J connectivity index is 2.73. The molecule has 0 aliphatic heterocycles. The van der Waals surface area contributed by atoms with E-state index in [-0.39, 0.29) is 5.91 Å². The van der Waals surface area contributed by atoms with Gasteiger partial charge in [0.1, 0.15) is 0 Å². The third-order valence-electron chi connectivity index (χ3n) is 2.32. The number of nitrogen functional groups attached to an aromatic ring is 1. The molecule has 0 radical (unpaired) electrons. The highest BCUT2D eigenvalue weighted by Crippen LogP contribution is 2.20. The summed E-state index contributed by atoms with van der Waals surface area (Å²) in [5.41, 5.74) is 7.61. The largest absolute Gasteiger partial charge is 0.399 e. The Labute approximate surface area is 86.9 Å². The van der Waals surface area contributed by atoms with E-state index in [4.69, 9.17) is 5.73 Å². The van der Waals surface area contributed by atoms with Gasteiger partial charge in [0.2, 0.25) is 0 Å². The summed E-state index contributed by atoms with van der Waals surface area (Å²) in [5, 5.41) is 7.52. The molecule has 0 saturated carbocycles. The van der Waals surface area contributed by atoms with Crippen molar-refractivity contribution in [2.75, 3.05) is 12.8 Å². The molecule has 2 aromatic rings. The zero-order valence-corrected chi connectivity index (χ0v) is 8.61. The van der Waals surface area contributed by atoms with Gasteiger partial charge in [0.05, 0.1) is 5.52 Å². The van der Waals surface area contributed by atoms with E-state index in [1.165, 1.54) is 0 Å². The number of aryl methyl sites for hydroxylation is 1. The number of hydrogen-bond donors (Lipinski definition) is 2. The van der Waals surface area contributed by atoms with Gasteiger partial charge in [-0.1, -0.05) is 0 Å². The van der Waals surface area contributed by atoms with Crippen molar-refractivity contribution in [3.63, 3.8) is 0 Å². The van der Waals surface area contributed by atoms with E-state index >= 15 is 0 Å². The minimum absolute atomic E-state index is 0.189. The Kier molecular flexibility index (Phi) is 2.07. The maximum absolute atomic E-state index is 11.5. The van der Waals surface area contributed by atoms with Crippen molar-refractivity contribution in [1.82, 2.24) is 15.1 Å². The molecular formula is C10H12N4O. The minimum atomic E-state index is -0.189. The SMILES string of the molecule is CNC(=O)c1nn(C)c2cc(N)ccc12. The average Bonchev–Trinajstić information content (AvgIpc) is 2.55. The molecule has 0 saturated heterocycles. The van der Waals surface area contributed by atoms with Crippen LogP contribution in [0.3, 0.4) is 0 Å². The molecule has 1 aromatic carbocycles. The maximum Gasteiger partial charge on any atom is 0.272 e. The molecule has 0 aliphatic carbocycles. The van der Waals surface area contributed by atoms with Gasteiger partial charge >= 0.3 is 0 Å². The molecule has 1 amide bonds. The molecule has 0 spiro atoms. The molecule has 0 fully saturated rings. The van der Waals surface area contributed by atoms with Gasteiger partial charge in [0, 0.05) is 25.2 Å². The zero-order valence-electron chi connectivity index (χ0n) is 8.61. The molecule has 1 aromatic heterocycles. The second-order valence-corrected chi connectivity index (χ2v) is 3.33. The van der Waals surface area contributed by atoms with Crippen LogP contribution in [-0.4, -0.2) is 22.7 Å². The standard InChI is InChI=1S/C10H12N4O/c1-12-10(15)9-7-4-3-6(11)5-8(7)14(2)13-9/h3-5H,11H2,1-2H3,(H,12,15). The van der Waals surface area contributed by atoms with E-state index in [1.54, 1.807) is 30.9 Å². The normalized spacial score (nSPS) is 10.5. The van der Waals surface area contributed by atoms with E-state index in [1.807, 2.05) is 6.07 Å². The topological polar surface area (TPSA) is 72.9 Å². The number of aromatic nitrogens is 2. The van der Waals surface area contributed by atoms with Crippen molar-refractivity contribution in [3.8, 4) is 0 Å². The maximum atomic E-state index is 11.5. The minimum Gasteiger partial charge on any atom is -0.399 e. The summed E-state index contributed by atoms with van der Waals surface area (Å²) < 4.78 is 1.65. The molecule has 1 heterocycles. The molecule has 15 heavy (non-hydrogen) atoms. The van der Waals surface area contributed by atoms with Gasteiger partial charge in [-0.3, -0.25) is 9.48 Å². The van der Waals surface area contributed by atoms with Crippen LogP contribution in [0.5, 0.6) is 0 Å². The first kappa shape index (κ1) is 9.51. The molecule has 0 aliphatic rings. The summed E-state index contributed by atoms with van der Waals surface area (Å²) in [4.78, 5) is 11.5. The van der Waals surface area contributed by atoms with E-state index in [2.05, 4.69) is 10.4 Å². The highest BCUT2D eigenvalue weighted by atomic mass is 16.1. The van der Waals surface area contributed by atoms with Crippen LogP contribution in [0.4, 0.5) is 5.69 Å². The fourth-order valence-electron chi connectivity index (χ4n) is 1.56. The smallest absolute Gasteiger partial charge is 0.272 e. The Hall–Kier alpha value is -2.04. The van der Waals surface area contributed by atoms with Crippen molar-refractivity contribution in [3.05, 3.63) is 23.9 Å². The van der Waals surface area contributed by atoms with Crippen LogP contribution in [0.25, 0.3) is 10.9 Å². The number of amides is 1. The third kappa shape index (κ3) is 1.41. The fraction of sp³-hybridized carbons (Fsp3) is 0.200. The van der Waals surface area contributed by atoms with Crippen LogP contribution >= 0.6 is 0 Å². The highest BCUT2D eigenvalue weighted by Gasteiger charge is 2.14. The molecule has 2 rings (SSSR count). The van der Waals surface area contributed by atoms with Gasteiger partial charge in [0.25, 0.3) is 5.91 Å². The molecule has 5 nitrogen and oxygen atoms in total. The number of anilines is 1. The monoisotopic (exact) mass is 204 g/mol. The number of nitrogens with two attached hydrogens (primary N) is 1. The first-order chi connectivity index (χ1) is 7.13. The van der Waals surface area contributed by atoms with Crippen LogP contribution < -0.4 is 11.1 Å². The molecule has 0 bridgehead atoms. The van der Waals surface area contributed by atoms with E-state index < -0.39 is 0 Å². The second-order valence-electron chi connectivity index (χ2n) is 3.33. The lowest BCUT2D eigenvalue weighted by atomic mass is 10.2. The number of carbonyl (C=O) groups is 1. The summed E-state index contributed by atoms with van der Waals surface area (Å²) in [7, 11) is 3.37. The number of hydrogen-bond acceptors (Lipinski definition) is 3. The van der Waals surface area contributed by atoms with Crippen molar-refractivity contribution in [1.29, 1.82) is 0 Å². The number of fused-ring (bicyclic) bond motifs is 1. The van der Waals surface area contributed by atoms with Crippen LogP contribution in [-0.2, 0) is 7.05 Å². The van der Waals surface area contributed by atoms with Crippen LogP contribution in [0.1, 0.15) is 10.5 Å². The van der Waals surface area contributed by atoms with Gasteiger partial charge in [-0.15, -0.1) is 0 Å². The Bertz CT molecular complexity index is 529. The van der Waals surface area contributed by atoms with Crippen molar-refractivity contribution in [2.24, 2.45) is 7.05 Å². The number of nitrogens with zero attached hydrogens (tertiary/aromatic N) is 2. The molecule has 0 atom stereocenters. The van der Waals surface area contributed by atoms with Gasteiger partial charge < -0.3 is 11.1 Å². The quantitative estimate of drug-likeness (QED) is 0.665. The van der Waals surface area contributed by atoms with Crippen molar-refractivity contribution >= 4 is 22.5 Å². The number of rotatable bonds is 1. The van der Waals surface area contributed by atoms with Crippen LogP contribution in [0.15, 0.2) is 18.2 Å². The summed E-state index contributed by atoms with van der Waals surface area (Å²) in [5.74, 6) is -0.189. The molecular weight excluding hydrogens is 192 g/mol. The predicted molar refractivity (Wildman–Crippen MR) is 58.5 cm³/mol. The van der Waals surface area contributed by atoms with E-state index in [0.29, 0.717) is 11.4 Å². The Morgan fingerprint density at radius 2 is 2.27 bits per heavy atom. The third-order valence-corrected chi connectivity index (χ3v) is 2.32.